The molecule has 0 unspecified atom stereocenters. The van der Waals surface area contributed by atoms with E-state index >= 15 is 0 Å². The normalized spacial score (nSPS) is 10.6. The van der Waals surface area contributed by atoms with Crippen LogP contribution in [0.25, 0.3) is 11.3 Å². The number of benzene rings is 2. The smallest absolute Gasteiger partial charge is 0.254 e. The molecule has 1 aromatic heterocycles. The Morgan fingerprint density at radius 2 is 1.96 bits per heavy atom. The van der Waals surface area contributed by atoms with Crippen LogP contribution in [0, 0.1) is 11.6 Å². The number of carbonyl (C=O) groups excluding carboxylic acids is 1. The number of halogens is 2. The molecule has 0 bridgehead atoms. The van der Waals surface area contributed by atoms with Gasteiger partial charge in [-0.2, -0.15) is 0 Å². The van der Waals surface area contributed by atoms with Gasteiger partial charge in [-0.3, -0.25) is 4.79 Å². The van der Waals surface area contributed by atoms with Crippen LogP contribution in [0.4, 0.5) is 8.78 Å². The molecule has 1 amide bonds. The predicted octanol–water partition coefficient (Wildman–Crippen LogP) is 3.31. The molecule has 0 aliphatic heterocycles. The van der Waals surface area contributed by atoms with Gasteiger partial charge in [0.25, 0.3) is 5.91 Å². The molecule has 8 heteroatoms. The van der Waals surface area contributed by atoms with Crippen LogP contribution in [0.5, 0.6) is 11.5 Å². The Kier molecular flexibility index (Phi) is 4.83. The highest BCUT2D eigenvalue weighted by Gasteiger charge is 2.20. The number of para-hydroxylation sites is 1. The first kappa shape index (κ1) is 17.4. The van der Waals surface area contributed by atoms with Crippen molar-refractivity contribution in [2.45, 2.75) is 6.61 Å². The summed E-state index contributed by atoms with van der Waals surface area (Å²) in [6.45, 7) is -0.178. The molecule has 3 aromatic rings. The summed E-state index contributed by atoms with van der Waals surface area (Å²) in [5, 5.41) is 3.93. The largest absolute Gasteiger partial charge is 0.496 e. The van der Waals surface area contributed by atoms with Crippen LogP contribution in [0.1, 0.15) is 16.1 Å². The molecule has 2 aromatic carbocycles. The molecule has 134 valence electrons. The standard InChI is InChI=1S/C18H14F2N2O4/c1-24-14-5-3-2-4-11(14)13-8-10(26-22-13)9-25-15-7-6-12(19)16(17(15)20)18(21)23/h2-8H,9H2,1H3,(H2,21,23). The summed E-state index contributed by atoms with van der Waals surface area (Å²) in [5.41, 5.74) is 5.35. The van der Waals surface area contributed by atoms with Gasteiger partial charge in [0.1, 0.15) is 29.4 Å². The lowest BCUT2D eigenvalue weighted by Gasteiger charge is -2.08. The Hall–Kier alpha value is -3.42. The fourth-order valence-corrected chi connectivity index (χ4v) is 2.38. The summed E-state index contributed by atoms with van der Waals surface area (Å²) in [6, 6.07) is 10.8. The second-order valence-electron chi connectivity index (χ2n) is 5.27. The first-order valence-corrected chi connectivity index (χ1v) is 7.51. The molecule has 0 fully saturated rings. The van der Waals surface area contributed by atoms with Gasteiger partial charge in [-0.1, -0.05) is 17.3 Å². The van der Waals surface area contributed by atoms with Gasteiger partial charge >= 0.3 is 0 Å². The van der Waals surface area contributed by atoms with Gasteiger partial charge in [0.05, 0.1) is 7.11 Å². The Morgan fingerprint density at radius 1 is 1.19 bits per heavy atom. The van der Waals surface area contributed by atoms with E-state index in [4.69, 9.17) is 19.7 Å². The SMILES string of the molecule is COc1ccccc1-c1cc(COc2ccc(F)c(C(N)=O)c2F)on1. The number of carbonyl (C=O) groups is 1. The number of hydrogen-bond acceptors (Lipinski definition) is 5. The number of nitrogens with zero attached hydrogens (tertiary/aromatic N) is 1. The van der Waals surface area contributed by atoms with Crippen molar-refractivity contribution in [2.75, 3.05) is 7.11 Å². The molecule has 0 saturated carbocycles. The zero-order valence-corrected chi connectivity index (χ0v) is 13.7. The minimum absolute atomic E-state index is 0.178. The molecule has 0 saturated heterocycles. The maximum atomic E-state index is 14.1. The van der Waals surface area contributed by atoms with Gasteiger partial charge < -0.3 is 19.7 Å². The van der Waals surface area contributed by atoms with E-state index in [0.29, 0.717) is 22.8 Å². The molecule has 26 heavy (non-hydrogen) atoms. The number of primary amides is 1. The first-order chi connectivity index (χ1) is 12.5. The maximum Gasteiger partial charge on any atom is 0.254 e. The number of ether oxygens (including phenoxy) is 2. The third-order valence-electron chi connectivity index (χ3n) is 3.61. The molecule has 0 aliphatic carbocycles. The molecular formula is C18H14F2N2O4. The van der Waals surface area contributed by atoms with Crippen molar-refractivity contribution in [3.8, 4) is 22.8 Å². The molecule has 0 spiro atoms. The molecule has 2 N–H and O–H groups in total. The number of nitrogens with two attached hydrogens (primary N) is 1. The number of methoxy groups -OCH3 is 1. The lowest BCUT2D eigenvalue weighted by molar-refractivity contribution is 0.0991. The van der Waals surface area contributed by atoms with Crippen LogP contribution in [0.2, 0.25) is 0 Å². The second-order valence-corrected chi connectivity index (χ2v) is 5.27. The third kappa shape index (κ3) is 3.34. The molecule has 3 rings (SSSR count). The molecule has 0 atom stereocenters. The zero-order valence-electron chi connectivity index (χ0n) is 13.7. The van der Waals surface area contributed by atoms with E-state index in [1.54, 1.807) is 18.2 Å². The highest BCUT2D eigenvalue weighted by atomic mass is 19.1. The summed E-state index contributed by atoms with van der Waals surface area (Å²) in [6.07, 6.45) is 0. The lowest BCUT2D eigenvalue weighted by atomic mass is 10.1. The predicted molar refractivity (Wildman–Crippen MR) is 87.7 cm³/mol. The van der Waals surface area contributed by atoms with Gasteiger partial charge in [-0.25, -0.2) is 8.78 Å². The molecular weight excluding hydrogens is 346 g/mol. The first-order valence-electron chi connectivity index (χ1n) is 7.51. The van der Waals surface area contributed by atoms with Gasteiger partial charge in [-0.05, 0) is 24.3 Å². The van der Waals surface area contributed by atoms with Crippen molar-refractivity contribution in [3.63, 3.8) is 0 Å². The summed E-state index contributed by atoms with van der Waals surface area (Å²) < 4.78 is 43.3. The quantitative estimate of drug-likeness (QED) is 0.729. The van der Waals surface area contributed by atoms with Crippen LogP contribution in [0.3, 0.4) is 0 Å². The van der Waals surface area contributed by atoms with Gasteiger partial charge in [0, 0.05) is 11.6 Å². The maximum absolute atomic E-state index is 14.1. The Labute approximate surface area is 147 Å². The van der Waals surface area contributed by atoms with E-state index in [1.807, 2.05) is 12.1 Å². The summed E-state index contributed by atoms with van der Waals surface area (Å²) in [5.74, 6) is -2.85. The van der Waals surface area contributed by atoms with Crippen molar-refractivity contribution >= 4 is 5.91 Å². The third-order valence-corrected chi connectivity index (χ3v) is 3.61. The van der Waals surface area contributed by atoms with Crippen LogP contribution in [-0.2, 0) is 6.61 Å². The summed E-state index contributed by atoms with van der Waals surface area (Å²) >= 11 is 0. The number of aromatic nitrogens is 1. The average molecular weight is 360 g/mol. The average Bonchev–Trinajstić information content (AvgIpc) is 3.09. The van der Waals surface area contributed by atoms with E-state index in [0.717, 1.165) is 12.1 Å². The van der Waals surface area contributed by atoms with E-state index < -0.39 is 23.1 Å². The van der Waals surface area contributed by atoms with Crippen molar-refractivity contribution in [1.29, 1.82) is 0 Å². The van der Waals surface area contributed by atoms with Gasteiger partial charge in [-0.15, -0.1) is 0 Å². The Morgan fingerprint density at radius 3 is 2.69 bits per heavy atom. The van der Waals surface area contributed by atoms with Crippen molar-refractivity contribution in [2.24, 2.45) is 5.73 Å². The molecule has 1 heterocycles. The van der Waals surface area contributed by atoms with Crippen LogP contribution in [-0.4, -0.2) is 18.2 Å². The lowest BCUT2D eigenvalue weighted by Crippen LogP contribution is -2.16. The topological polar surface area (TPSA) is 87.6 Å². The Balaban J connectivity index is 1.79. The fourth-order valence-electron chi connectivity index (χ4n) is 2.38. The molecule has 6 nitrogen and oxygen atoms in total. The van der Waals surface area contributed by atoms with Crippen molar-refractivity contribution < 1.29 is 27.6 Å². The van der Waals surface area contributed by atoms with E-state index in [-0.39, 0.29) is 12.4 Å². The van der Waals surface area contributed by atoms with Crippen LogP contribution < -0.4 is 15.2 Å². The fraction of sp³-hybridized carbons (Fsp3) is 0.111. The molecule has 0 aliphatic rings. The van der Waals surface area contributed by atoms with E-state index in [1.165, 1.54) is 7.11 Å². The van der Waals surface area contributed by atoms with Crippen molar-refractivity contribution in [3.05, 3.63) is 65.4 Å². The summed E-state index contributed by atoms with van der Waals surface area (Å²) in [4.78, 5) is 11.1. The number of hydrogen-bond donors (Lipinski definition) is 1. The molecule has 0 radical (unpaired) electrons. The number of amides is 1. The minimum Gasteiger partial charge on any atom is -0.496 e. The van der Waals surface area contributed by atoms with Crippen LogP contribution >= 0.6 is 0 Å². The second kappa shape index (κ2) is 7.22. The minimum atomic E-state index is -1.22. The van der Waals surface area contributed by atoms with E-state index in [9.17, 15) is 13.6 Å². The van der Waals surface area contributed by atoms with Crippen molar-refractivity contribution in [1.82, 2.24) is 5.16 Å². The number of rotatable bonds is 6. The highest BCUT2D eigenvalue weighted by Crippen LogP contribution is 2.29. The van der Waals surface area contributed by atoms with E-state index in [2.05, 4.69) is 5.16 Å². The van der Waals surface area contributed by atoms with Crippen LogP contribution in [0.15, 0.2) is 47.0 Å². The highest BCUT2D eigenvalue weighted by molar-refractivity contribution is 5.93. The summed E-state index contributed by atoms with van der Waals surface area (Å²) in [7, 11) is 1.54. The van der Waals surface area contributed by atoms with Gasteiger partial charge in [0.15, 0.2) is 17.3 Å². The van der Waals surface area contributed by atoms with Gasteiger partial charge in [0.2, 0.25) is 0 Å². The monoisotopic (exact) mass is 360 g/mol. The Bertz CT molecular complexity index is 956. The zero-order chi connectivity index (χ0) is 18.7.